The van der Waals surface area contributed by atoms with E-state index in [-0.39, 0.29) is 0 Å². The molecule has 0 amide bonds. The second-order valence-corrected chi connectivity index (χ2v) is 5.69. The van der Waals surface area contributed by atoms with Gasteiger partial charge in [-0.25, -0.2) is 9.97 Å². The van der Waals surface area contributed by atoms with Gasteiger partial charge in [0.05, 0.1) is 11.4 Å². The van der Waals surface area contributed by atoms with E-state index in [9.17, 15) is 0 Å². The summed E-state index contributed by atoms with van der Waals surface area (Å²) in [6, 6.07) is 15.5. The Hall–Kier alpha value is -3.74. The highest BCUT2D eigenvalue weighted by molar-refractivity contribution is 5.84. The number of pyridine rings is 2. The van der Waals surface area contributed by atoms with Crippen LogP contribution in [0.2, 0.25) is 0 Å². The molecule has 0 aliphatic carbocycles. The normalized spacial score (nSPS) is 11.7. The number of rotatable bonds is 1. The molecule has 5 rings (SSSR count). The zero-order chi connectivity index (χ0) is 16.8. The third-order valence-electron chi connectivity index (χ3n) is 4.15. The lowest BCUT2D eigenvalue weighted by molar-refractivity contribution is 1.06. The molecule has 0 bridgehead atoms. The Morgan fingerprint density at radius 2 is 1.76 bits per heavy atom. The highest BCUT2D eigenvalue weighted by Crippen LogP contribution is 2.38. The maximum Gasteiger partial charge on any atom is 0.171 e. The van der Waals surface area contributed by atoms with E-state index in [1.807, 2.05) is 47.0 Å². The van der Waals surface area contributed by atoms with Crippen LogP contribution in [0, 0.1) is 0 Å². The predicted molar refractivity (Wildman–Crippen MR) is 95.5 cm³/mol. The molecule has 7 heteroatoms. The molecule has 1 aromatic carbocycles. The average Bonchev–Trinajstić information content (AvgIpc) is 3.02. The molecule has 4 heterocycles. The summed E-state index contributed by atoms with van der Waals surface area (Å²) in [6.45, 7) is 0. The van der Waals surface area contributed by atoms with Gasteiger partial charge in [0.2, 0.25) is 0 Å². The molecule has 0 saturated heterocycles. The Morgan fingerprint density at radius 1 is 0.880 bits per heavy atom. The van der Waals surface area contributed by atoms with Crippen LogP contribution in [0.25, 0.3) is 28.5 Å². The van der Waals surface area contributed by atoms with E-state index in [0.29, 0.717) is 11.6 Å². The number of nitrogens with one attached hydrogen (secondary N) is 1. The Morgan fingerprint density at radius 3 is 2.68 bits per heavy atom. The van der Waals surface area contributed by atoms with Crippen molar-refractivity contribution in [1.82, 2.24) is 24.7 Å². The van der Waals surface area contributed by atoms with Crippen molar-refractivity contribution in [2.24, 2.45) is 0 Å². The van der Waals surface area contributed by atoms with Crippen LogP contribution < -0.4 is 11.1 Å². The first-order valence-electron chi connectivity index (χ1n) is 7.80. The SMILES string of the molecule is Nc1cc(-c2nnc3n2-c2cccnc2Nc2ccccc2-3)ccn1. The summed E-state index contributed by atoms with van der Waals surface area (Å²) in [6.07, 6.45) is 3.42. The number of nitrogens with zero attached hydrogens (tertiary/aromatic N) is 5. The van der Waals surface area contributed by atoms with Gasteiger partial charge in [0.15, 0.2) is 17.5 Å². The van der Waals surface area contributed by atoms with Gasteiger partial charge >= 0.3 is 0 Å². The first-order chi connectivity index (χ1) is 12.3. The summed E-state index contributed by atoms with van der Waals surface area (Å²) in [5, 5.41) is 12.3. The zero-order valence-electron chi connectivity index (χ0n) is 13.1. The molecule has 0 fully saturated rings. The molecule has 0 radical (unpaired) electrons. The molecular weight excluding hydrogens is 314 g/mol. The van der Waals surface area contributed by atoms with E-state index in [1.165, 1.54) is 0 Å². The molecule has 3 N–H and O–H groups in total. The van der Waals surface area contributed by atoms with Crippen molar-refractivity contribution >= 4 is 17.3 Å². The van der Waals surface area contributed by atoms with Crippen LogP contribution in [0.3, 0.4) is 0 Å². The average molecular weight is 327 g/mol. The number of benzene rings is 1. The van der Waals surface area contributed by atoms with E-state index in [0.717, 1.165) is 34.1 Å². The number of fused-ring (bicyclic) bond motifs is 5. The second kappa shape index (κ2) is 5.13. The highest BCUT2D eigenvalue weighted by Gasteiger charge is 2.24. The Bertz CT molecular complexity index is 1100. The zero-order valence-corrected chi connectivity index (χ0v) is 13.1. The van der Waals surface area contributed by atoms with Gasteiger partial charge in [0, 0.05) is 23.5 Å². The molecule has 0 atom stereocenters. The van der Waals surface area contributed by atoms with E-state index < -0.39 is 0 Å². The second-order valence-electron chi connectivity index (χ2n) is 5.69. The largest absolute Gasteiger partial charge is 0.384 e. The lowest BCUT2D eigenvalue weighted by Gasteiger charge is -2.11. The molecule has 3 aromatic heterocycles. The summed E-state index contributed by atoms with van der Waals surface area (Å²) in [7, 11) is 0. The number of hydrogen-bond acceptors (Lipinski definition) is 6. The van der Waals surface area contributed by atoms with Gasteiger partial charge in [-0.15, -0.1) is 10.2 Å². The summed E-state index contributed by atoms with van der Waals surface area (Å²) >= 11 is 0. The topological polar surface area (TPSA) is 94.5 Å². The van der Waals surface area contributed by atoms with Crippen molar-refractivity contribution in [1.29, 1.82) is 0 Å². The fourth-order valence-corrected chi connectivity index (χ4v) is 3.05. The van der Waals surface area contributed by atoms with E-state index in [4.69, 9.17) is 5.73 Å². The molecule has 1 aliphatic rings. The van der Waals surface area contributed by atoms with E-state index in [2.05, 4.69) is 25.5 Å². The standard InChI is InChI=1S/C18H13N7/c19-15-10-11(7-9-20-15)17-23-24-18-12-4-1-2-5-13(12)22-16-14(25(17)18)6-3-8-21-16/h1-10H,(H2,19,20)(H,21,22). The summed E-state index contributed by atoms with van der Waals surface area (Å²) in [5.74, 6) is 2.63. The van der Waals surface area contributed by atoms with Gasteiger partial charge in [-0.05, 0) is 36.4 Å². The van der Waals surface area contributed by atoms with Gasteiger partial charge in [0.1, 0.15) is 5.82 Å². The fourth-order valence-electron chi connectivity index (χ4n) is 3.05. The quantitative estimate of drug-likeness (QED) is 0.491. The van der Waals surface area contributed by atoms with Crippen molar-refractivity contribution in [3.63, 3.8) is 0 Å². The van der Waals surface area contributed by atoms with E-state index in [1.54, 1.807) is 18.5 Å². The molecule has 1 aliphatic heterocycles. The smallest absolute Gasteiger partial charge is 0.171 e. The molecular formula is C18H13N7. The molecule has 0 saturated carbocycles. The third-order valence-corrected chi connectivity index (χ3v) is 4.15. The number of nitrogen functional groups attached to an aromatic ring is 1. The van der Waals surface area contributed by atoms with Gasteiger partial charge < -0.3 is 11.1 Å². The predicted octanol–water partition coefficient (Wildman–Crippen LogP) is 3.03. The fraction of sp³-hybridized carbons (Fsp3) is 0. The number of aromatic nitrogens is 5. The van der Waals surface area contributed by atoms with Crippen LogP contribution in [-0.2, 0) is 0 Å². The van der Waals surface area contributed by atoms with Crippen LogP contribution in [0.5, 0.6) is 0 Å². The van der Waals surface area contributed by atoms with Gasteiger partial charge in [0.25, 0.3) is 0 Å². The molecule has 0 unspecified atom stereocenters. The van der Waals surface area contributed by atoms with Crippen molar-refractivity contribution in [2.75, 3.05) is 11.1 Å². The Kier molecular flexibility index (Phi) is 2.81. The van der Waals surface area contributed by atoms with Crippen molar-refractivity contribution in [3.8, 4) is 28.5 Å². The Labute approximate surface area is 143 Å². The summed E-state index contributed by atoms with van der Waals surface area (Å²) in [5.41, 5.74) is 9.47. The summed E-state index contributed by atoms with van der Waals surface area (Å²) < 4.78 is 2.00. The molecule has 4 aromatic rings. The first-order valence-corrected chi connectivity index (χ1v) is 7.80. The monoisotopic (exact) mass is 327 g/mol. The van der Waals surface area contributed by atoms with Crippen molar-refractivity contribution < 1.29 is 0 Å². The van der Waals surface area contributed by atoms with Crippen LogP contribution in [0.1, 0.15) is 0 Å². The van der Waals surface area contributed by atoms with Crippen LogP contribution in [0.4, 0.5) is 17.3 Å². The lowest BCUT2D eigenvalue weighted by Crippen LogP contribution is -2.02. The first kappa shape index (κ1) is 13.7. The van der Waals surface area contributed by atoms with Gasteiger partial charge in [-0.3, -0.25) is 4.57 Å². The molecule has 7 nitrogen and oxygen atoms in total. The van der Waals surface area contributed by atoms with Crippen molar-refractivity contribution in [3.05, 3.63) is 60.9 Å². The van der Waals surface area contributed by atoms with Crippen LogP contribution in [0.15, 0.2) is 60.9 Å². The van der Waals surface area contributed by atoms with Gasteiger partial charge in [-0.2, -0.15) is 0 Å². The maximum atomic E-state index is 5.85. The van der Waals surface area contributed by atoms with Crippen molar-refractivity contribution in [2.45, 2.75) is 0 Å². The summed E-state index contributed by atoms with van der Waals surface area (Å²) in [4.78, 5) is 8.54. The van der Waals surface area contributed by atoms with E-state index >= 15 is 0 Å². The van der Waals surface area contributed by atoms with Crippen LogP contribution >= 0.6 is 0 Å². The number of hydrogen-bond donors (Lipinski definition) is 2. The number of para-hydroxylation sites is 1. The minimum Gasteiger partial charge on any atom is -0.384 e. The molecule has 120 valence electrons. The molecule has 0 spiro atoms. The van der Waals surface area contributed by atoms with Crippen LogP contribution in [-0.4, -0.2) is 24.7 Å². The lowest BCUT2D eigenvalue weighted by atomic mass is 10.1. The third kappa shape index (κ3) is 2.06. The molecule has 25 heavy (non-hydrogen) atoms. The van der Waals surface area contributed by atoms with Gasteiger partial charge in [-0.1, -0.05) is 12.1 Å². The minimum atomic E-state index is 0.438. The Balaban J connectivity index is 1.86. The number of anilines is 3. The highest BCUT2D eigenvalue weighted by atomic mass is 15.3. The minimum absolute atomic E-state index is 0.438. The number of nitrogens with two attached hydrogens (primary N) is 1. The maximum absolute atomic E-state index is 5.85.